The van der Waals surface area contributed by atoms with Crippen molar-refractivity contribution in [3.8, 4) is 22.5 Å². The molecule has 0 amide bonds. The van der Waals surface area contributed by atoms with Gasteiger partial charge in [-0.15, -0.1) is 0 Å². The van der Waals surface area contributed by atoms with Crippen LogP contribution in [0.15, 0.2) is 85.2 Å². The van der Waals surface area contributed by atoms with Gasteiger partial charge in [-0.05, 0) is 0 Å². The molecular weight excluding hydrogens is 496 g/mol. The van der Waals surface area contributed by atoms with Crippen LogP contribution in [0.3, 0.4) is 0 Å². The van der Waals surface area contributed by atoms with Crippen LogP contribution in [0.25, 0.3) is 22.5 Å². The van der Waals surface area contributed by atoms with Gasteiger partial charge in [-0.2, -0.15) is 0 Å². The van der Waals surface area contributed by atoms with Crippen LogP contribution in [0.2, 0.25) is 0 Å². The Hall–Kier alpha value is -3.60. The molecule has 0 unspecified atom stereocenters. The van der Waals surface area contributed by atoms with Crippen molar-refractivity contribution in [1.82, 2.24) is 0 Å². The fourth-order valence-corrected chi connectivity index (χ4v) is 12.1. The van der Waals surface area contributed by atoms with Crippen LogP contribution in [0.4, 0.5) is 34.6 Å². The molecule has 2 aromatic carbocycles. The Morgan fingerprint density at radius 3 is 1.31 bits per heavy atom. The van der Waals surface area contributed by atoms with E-state index in [1.54, 1.807) is 0 Å². The first kappa shape index (κ1) is 21.9. The molecular formula is C24H14F8N2Si. The minimum absolute atomic E-state index is 0.155. The van der Waals surface area contributed by atoms with E-state index in [4.69, 9.17) is 0 Å². The van der Waals surface area contributed by atoms with Crippen LogP contribution in [0, 0.1) is 0 Å². The second kappa shape index (κ2) is 5.78. The second-order valence-electron chi connectivity index (χ2n) is 8.89. The first-order chi connectivity index (χ1) is 16.2. The fourth-order valence-electron chi connectivity index (χ4n) is 5.77. The Balaban J connectivity index is 1.86. The fraction of sp³-hybridized carbons (Fsp3) is 0.0833. The molecule has 0 aliphatic carbocycles. The van der Waals surface area contributed by atoms with E-state index in [0.717, 1.165) is 24.5 Å². The van der Waals surface area contributed by atoms with Crippen LogP contribution in [0.1, 0.15) is 11.1 Å². The Kier molecular flexibility index (Phi) is 3.62. The Labute approximate surface area is 192 Å². The number of hydrogen-bond donors (Lipinski definition) is 0. The summed E-state index contributed by atoms with van der Waals surface area (Å²) >= 11 is 0. The van der Waals surface area contributed by atoms with Crippen LogP contribution in [-0.2, 0) is 12.4 Å². The maximum absolute atomic E-state index is 18.6. The molecule has 0 N–H and O–H groups in total. The quantitative estimate of drug-likeness (QED) is 0.183. The summed E-state index contributed by atoms with van der Waals surface area (Å²) in [6, 6.07) is 12.2. The number of alkyl halides is 6. The van der Waals surface area contributed by atoms with E-state index in [2.05, 4.69) is 0 Å². The molecule has 6 rings (SSSR count). The van der Waals surface area contributed by atoms with E-state index in [1.165, 1.54) is 36.4 Å². The van der Waals surface area contributed by atoms with Crippen LogP contribution in [-0.4, -0.2) is 7.62 Å². The maximum atomic E-state index is 18.6. The zero-order chi connectivity index (χ0) is 25.1. The van der Waals surface area contributed by atoms with Gasteiger partial charge in [-0.1, -0.05) is 0 Å². The van der Waals surface area contributed by atoms with Gasteiger partial charge >= 0.3 is 192 Å². The molecule has 0 radical (unpaired) electrons. The third-order valence-corrected chi connectivity index (χ3v) is 13.3. The third kappa shape index (κ3) is 2.25. The average Bonchev–Trinajstić information content (AvgIpc) is 3.14. The SMILES string of the molecule is FC(F)(F)c1ccc2c(c1)-c1cccc[n+]1[Si-2]21(F)(F)c2ccc(C(F)(F)F)cc2-c2cccc[n+]21. The molecule has 2 nitrogen and oxygen atoms in total. The standard InChI is InChI=1S/C24H14F8N2Si/c25-23(26,27)15-7-9-21-17(13-15)19-5-1-3-11-33(19)35(21,31,32)22-10-8-16(24(28,29)30)14-18(22)20-6-2-4-12-34(20)35/h1-14H. The molecule has 0 saturated heterocycles. The van der Waals surface area contributed by atoms with Crippen molar-refractivity contribution < 1.29 is 43.0 Å². The number of benzene rings is 2. The van der Waals surface area contributed by atoms with Crippen molar-refractivity contribution in [2.75, 3.05) is 0 Å². The normalized spacial score (nSPS) is 20.0. The Morgan fingerprint density at radius 2 is 0.943 bits per heavy atom. The molecule has 2 aliphatic rings. The number of fused-ring (bicyclic) bond motifs is 10. The average molecular weight is 510 g/mol. The molecule has 2 aliphatic heterocycles. The molecule has 4 heterocycles. The molecule has 0 bridgehead atoms. The van der Waals surface area contributed by atoms with Crippen molar-refractivity contribution in [3.63, 3.8) is 0 Å². The minimum atomic E-state index is -7.85. The molecule has 180 valence electrons. The summed E-state index contributed by atoms with van der Waals surface area (Å²) in [6.45, 7) is 0. The van der Waals surface area contributed by atoms with Gasteiger partial charge in [0, 0.05) is 0 Å². The summed E-state index contributed by atoms with van der Waals surface area (Å²) in [5.74, 6) is 0. The zero-order valence-corrected chi connectivity index (χ0v) is 18.5. The molecule has 4 aromatic rings. The topological polar surface area (TPSA) is 7.76 Å². The van der Waals surface area contributed by atoms with Gasteiger partial charge in [0.05, 0.1) is 0 Å². The van der Waals surface area contributed by atoms with Gasteiger partial charge < -0.3 is 0 Å². The van der Waals surface area contributed by atoms with E-state index in [9.17, 15) is 26.3 Å². The summed E-state index contributed by atoms with van der Waals surface area (Å²) in [7, 11) is -7.85. The molecule has 11 heteroatoms. The van der Waals surface area contributed by atoms with Crippen LogP contribution >= 0.6 is 0 Å². The number of halogens is 8. The van der Waals surface area contributed by atoms with E-state index in [0.29, 0.717) is 32.7 Å². The van der Waals surface area contributed by atoms with E-state index < -0.39 is 41.5 Å². The van der Waals surface area contributed by atoms with Gasteiger partial charge in [0.1, 0.15) is 0 Å². The number of rotatable bonds is 0. The number of hydrogen-bond acceptors (Lipinski definition) is 0. The molecule has 2 aromatic heterocycles. The molecule has 1 spiro atoms. The molecule has 0 atom stereocenters. The number of nitrogens with zero attached hydrogens (tertiary/aromatic N) is 2. The third-order valence-electron chi connectivity index (χ3n) is 7.19. The first-order valence-electron chi connectivity index (χ1n) is 10.5. The van der Waals surface area contributed by atoms with Crippen molar-refractivity contribution in [2.45, 2.75) is 12.4 Å². The molecule has 0 saturated carbocycles. The van der Waals surface area contributed by atoms with Crippen LogP contribution in [0.5, 0.6) is 0 Å². The number of pyridine rings is 2. The zero-order valence-electron chi connectivity index (χ0n) is 17.5. The predicted molar refractivity (Wildman–Crippen MR) is 112 cm³/mol. The predicted octanol–water partition coefficient (Wildman–Crippen LogP) is 4.75. The van der Waals surface area contributed by atoms with Gasteiger partial charge in [0.2, 0.25) is 0 Å². The van der Waals surface area contributed by atoms with Gasteiger partial charge in [0.25, 0.3) is 0 Å². The summed E-state index contributed by atoms with van der Waals surface area (Å²) in [5, 5.41) is -1.29. The van der Waals surface area contributed by atoms with Crippen molar-refractivity contribution in [1.29, 1.82) is 0 Å². The summed E-state index contributed by atoms with van der Waals surface area (Å²) in [4.78, 5) is 0. The second-order valence-corrected chi connectivity index (χ2v) is 13.8. The summed E-state index contributed by atoms with van der Waals surface area (Å²) < 4.78 is 120. The monoisotopic (exact) mass is 510 g/mol. The summed E-state index contributed by atoms with van der Waals surface area (Å²) in [5.41, 5.74) is -3.14. The van der Waals surface area contributed by atoms with Crippen molar-refractivity contribution in [3.05, 3.63) is 96.3 Å². The Morgan fingerprint density at radius 1 is 0.543 bits per heavy atom. The van der Waals surface area contributed by atoms with E-state index in [-0.39, 0.29) is 22.5 Å². The van der Waals surface area contributed by atoms with Crippen molar-refractivity contribution >= 4 is 18.0 Å². The van der Waals surface area contributed by atoms with Crippen LogP contribution < -0.4 is 18.8 Å². The van der Waals surface area contributed by atoms with E-state index >= 15 is 8.22 Å². The van der Waals surface area contributed by atoms with Gasteiger partial charge in [-0.3, -0.25) is 0 Å². The van der Waals surface area contributed by atoms with Gasteiger partial charge in [0.15, 0.2) is 0 Å². The molecule has 0 fully saturated rings. The van der Waals surface area contributed by atoms with Crippen molar-refractivity contribution in [2.24, 2.45) is 0 Å². The van der Waals surface area contributed by atoms with Gasteiger partial charge in [-0.25, -0.2) is 0 Å². The number of aromatic nitrogens is 2. The molecule has 35 heavy (non-hydrogen) atoms. The summed E-state index contributed by atoms with van der Waals surface area (Å²) in [6.07, 6.45) is -7.38. The Bertz CT molecular complexity index is 1490. The van der Waals surface area contributed by atoms with E-state index in [1.807, 2.05) is 0 Å². The first-order valence-corrected chi connectivity index (χ1v) is 13.1.